The van der Waals surface area contributed by atoms with Crippen LogP contribution < -0.4 is 5.32 Å². The Morgan fingerprint density at radius 3 is 2.84 bits per heavy atom. The fourth-order valence-electron chi connectivity index (χ4n) is 3.09. The van der Waals surface area contributed by atoms with Crippen LogP contribution in [-0.2, 0) is 9.53 Å². The Hall–Kier alpha value is -0.610. The summed E-state index contributed by atoms with van der Waals surface area (Å²) in [6, 6.07) is 0.213. The molecule has 2 saturated heterocycles. The standard InChI is InChI=1S/C15H28N2O2/c1-4-6-16-14-10-19-9-13(14)15(18)17-7-5-12(8-17)11(2)3/h11-14,16H,4-10H2,1-3H3. The monoisotopic (exact) mass is 268 g/mol. The molecule has 0 aliphatic carbocycles. The maximum atomic E-state index is 12.6. The predicted octanol–water partition coefficient (Wildman–Crippen LogP) is 1.51. The molecule has 3 atom stereocenters. The Labute approximate surface area is 116 Å². The molecule has 2 rings (SSSR count). The summed E-state index contributed by atoms with van der Waals surface area (Å²) in [5.41, 5.74) is 0. The van der Waals surface area contributed by atoms with Gasteiger partial charge < -0.3 is 15.0 Å². The number of nitrogens with zero attached hydrogens (tertiary/aromatic N) is 1. The van der Waals surface area contributed by atoms with Crippen LogP contribution in [-0.4, -0.2) is 49.7 Å². The number of amides is 1. The number of carbonyl (C=O) groups is 1. The van der Waals surface area contributed by atoms with Crippen LogP contribution in [0.1, 0.15) is 33.6 Å². The highest BCUT2D eigenvalue weighted by Gasteiger charge is 2.38. The van der Waals surface area contributed by atoms with Gasteiger partial charge in [-0.05, 0) is 31.2 Å². The smallest absolute Gasteiger partial charge is 0.229 e. The second-order valence-electron chi connectivity index (χ2n) is 6.28. The molecular formula is C15H28N2O2. The fraction of sp³-hybridized carbons (Fsp3) is 0.933. The third-order valence-electron chi connectivity index (χ3n) is 4.53. The van der Waals surface area contributed by atoms with Crippen molar-refractivity contribution in [2.75, 3.05) is 32.8 Å². The number of hydrogen-bond acceptors (Lipinski definition) is 3. The van der Waals surface area contributed by atoms with Gasteiger partial charge in [0.25, 0.3) is 0 Å². The van der Waals surface area contributed by atoms with Crippen molar-refractivity contribution in [3.8, 4) is 0 Å². The summed E-state index contributed by atoms with van der Waals surface area (Å²) in [6.45, 7) is 10.7. The van der Waals surface area contributed by atoms with E-state index in [1.807, 2.05) is 0 Å². The number of carbonyl (C=O) groups excluding carboxylic acids is 1. The van der Waals surface area contributed by atoms with Crippen LogP contribution in [0.15, 0.2) is 0 Å². The average molecular weight is 268 g/mol. The molecule has 2 heterocycles. The highest BCUT2D eigenvalue weighted by atomic mass is 16.5. The number of hydrogen-bond donors (Lipinski definition) is 1. The van der Waals surface area contributed by atoms with Gasteiger partial charge in [-0.3, -0.25) is 4.79 Å². The average Bonchev–Trinajstić information content (AvgIpc) is 3.04. The van der Waals surface area contributed by atoms with Gasteiger partial charge in [0.15, 0.2) is 0 Å². The van der Waals surface area contributed by atoms with E-state index in [-0.39, 0.29) is 12.0 Å². The van der Waals surface area contributed by atoms with Crippen molar-refractivity contribution in [1.82, 2.24) is 10.2 Å². The molecule has 19 heavy (non-hydrogen) atoms. The highest BCUT2D eigenvalue weighted by Crippen LogP contribution is 2.26. The molecule has 0 bridgehead atoms. The minimum Gasteiger partial charge on any atom is -0.379 e. The molecule has 1 N–H and O–H groups in total. The fourth-order valence-corrected chi connectivity index (χ4v) is 3.09. The van der Waals surface area contributed by atoms with Crippen molar-refractivity contribution in [3.63, 3.8) is 0 Å². The minimum absolute atomic E-state index is 0.0254. The van der Waals surface area contributed by atoms with E-state index >= 15 is 0 Å². The number of ether oxygens (including phenoxy) is 1. The molecule has 3 unspecified atom stereocenters. The summed E-state index contributed by atoms with van der Waals surface area (Å²) in [7, 11) is 0. The Morgan fingerprint density at radius 1 is 1.42 bits per heavy atom. The molecule has 0 radical (unpaired) electrons. The summed E-state index contributed by atoms with van der Waals surface area (Å²) in [6.07, 6.45) is 2.25. The first-order valence-electron chi connectivity index (χ1n) is 7.73. The lowest BCUT2D eigenvalue weighted by atomic mass is 9.95. The number of rotatable bonds is 5. The Kier molecular flexibility index (Phi) is 5.22. The molecule has 4 nitrogen and oxygen atoms in total. The van der Waals surface area contributed by atoms with E-state index in [1.165, 1.54) is 0 Å². The van der Waals surface area contributed by atoms with Crippen LogP contribution in [0.25, 0.3) is 0 Å². The summed E-state index contributed by atoms with van der Waals surface area (Å²) >= 11 is 0. The van der Waals surface area contributed by atoms with E-state index in [4.69, 9.17) is 4.74 Å². The van der Waals surface area contributed by atoms with Crippen LogP contribution >= 0.6 is 0 Å². The van der Waals surface area contributed by atoms with Crippen molar-refractivity contribution in [1.29, 1.82) is 0 Å². The highest BCUT2D eigenvalue weighted by molar-refractivity contribution is 5.80. The molecule has 110 valence electrons. The van der Waals surface area contributed by atoms with Crippen molar-refractivity contribution in [3.05, 3.63) is 0 Å². The predicted molar refractivity (Wildman–Crippen MR) is 75.9 cm³/mol. The topological polar surface area (TPSA) is 41.6 Å². The maximum absolute atomic E-state index is 12.6. The molecule has 4 heteroatoms. The second-order valence-corrected chi connectivity index (χ2v) is 6.28. The quantitative estimate of drug-likeness (QED) is 0.821. The molecule has 0 aromatic heterocycles. The van der Waals surface area contributed by atoms with Crippen molar-refractivity contribution in [2.24, 2.45) is 17.8 Å². The van der Waals surface area contributed by atoms with Gasteiger partial charge in [-0.1, -0.05) is 20.8 Å². The molecule has 2 fully saturated rings. The van der Waals surface area contributed by atoms with Crippen LogP contribution in [0, 0.1) is 17.8 Å². The van der Waals surface area contributed by atoms with Crippen molar-refractivity contribution in [2.45, 2.75) is 39.7 Å². The summed E-state index contributed by atoms with van der Waals surface area (Å²) in [4.78, 5) is 14.7. The number of nitrogens with one attached hydrogen (secondary N) is 1. The number of likely N-dealkylation sites (tertiary alicyclic amines) is 1. The molecule has 0 aromatic rings. The molecular weight excluding hydrogens is 240 g/mol. The van der Waals surface area contributed by atoms with Crippen LogP contribution in [0.3, 0.4) is 0 Å². The van der Waals surface area contributed by atoms with Crippen molar-refractivity contribution >= 4 is 5.91 Å². The summed E-state index contributed by atoms with van der Waals surface area (Å²) < 4.78 is 5.51. The minimum atomic E-state index is 0.0254. The second kappa shape index (κ2) is 6.71. The summed E-state index contributed by atoms with van der Waals surface area (Å²) in [5, 5.41) is 3.45. The molecule has 2 aliphatic rings. The Morgan fingerprint density at radius 2 is 2.21 bits per heavy atom. The summed E-state index contributed by atoms with van der Waals surface area (Å²) in [5.74, 6) is 1.67. The van der Waals surface area contributed by atoms with Gasteiger partial charge in [0, 0.05) is 19.1 Å². The van der Waals surface area contributed by atoms with Gasteiger partial charge in [-0.2, -0.15) is 0 Å². The lowest BCUT2D eigenvalue weighted by Crippen LogP contribution is -2.45. The molecule has 0 aromatic carbocycles. The van der Waals surface area contributed by atoms with E-state index < -0.39 is 0 Å². The molecule has 2 aliphatic heterocycles. The SMILES string of the molecule is CCCNC1COCC1C(=O)N1CCC(C(C)C)C1. The normalized spacial score (nSPS) is 31.4. The van der Waals surface area contributed by atoms with E-state index in [0.717, 1.165) is 32.5 Å². The van der Waals surface area contributed by atoms with Crippen molar-refractivity contribution < 1.29 is 9.53 Å². The largest absolute Gasteiger partial charge is 0.379 e. The first kappa shape index (κ1) is 14.8. The van der Waals surface area contributed by atoms with Crippen LogP contribution in [0.2, 0.25) is 0 Å². The third kappa shape index (κ3) is 3.48. The van der Waals surface area contributed by atoms with Crippen LogP contribution in [0.5, 0.6) is 0 Å². The lowest BCUT2D eigenvalue weighted by Gasteiger charge is -2.24. The first-order chi connectivity index (χ1) is 9.13. The van der Waals surface area contributed by atoms with E-state index in [1.54, 1.807) is 0 Å². The Balaban J connectivity index is 1.88. The zero-order valence-electron chi connectivity index (χ0n) is 12.5. The van der Waals surface area contributed by atoms with Gasteiger partial charge >= 0.3 is 0 Å². The van der Waals surface area contributed by atoms with E-state index in [0.29, 0.717) is 31.0 Å². The van der Waals surface area contributed by atoms with Gasteiger partial charge in [0.1, 0.15) is 0 Å². The molecule has 1 amide bonds. The molecule has 0 spiro atoms. The zero-order valence-corrected chi connectivity index (χ0v) is 12.5. The Bertz CT molecular complexity index is 307. The van der Waals surface area contributed by atoms with Gasteiger partial charge in [-0.25, -0.2) is 0 Å². The van der Waals surface area contributed by atoms with Gasteiger partial charge in [-0.15, -0.1) is 0 Å². The van der Waals surface area contributed by atoms with Crippen LogP contribution in [0.4, 0.5) is 0 Å². The maximum Gasteiger partial charge on any atom is 0.229 e. The van der Waals surface area contributed by atoms with Gasteiger partial charge in [0.2, 0.25) is 5.91 Å². The zero-order chi connectivity index (χ0) is 13.8. The van der Waals surface area contributed by atoms with E-state index in [2.05, 4.69) is 31.0 Å². The van der Waals surface area contributed by atoms with E-state index in [9.17, 15) is 4.79 Å². The van der Waals surface area contributed by atoms with Gasteiger partial charge in [0.05, 0.1) is 19.1 Å². The third-order valence-corrected chi connectivity index (χ3v) is 4.53. The first-order valence-corrected chi connectivity index (χ1v) is 7.73. The lowest BCUT2D eigenvalue weighted by molar-refractivity contribution is -0.135. The molecule has 0 saturated carbocycles.